The van der Waals surface area contributed by atoms with Crippen molar-refractivity contribution in [2.75, 3.05) is 6.54 Å². The molecule has 3 N–H and O–H groups in total. The number of aryl methyl sites for hydroxylation is 1. The van der Waals surface area contributed by atoms with Gasteiger partial charge in [0.2, 0.25) is 0 Å². The maximum Gasteiger partial charge on any atom is 0.279 e. The van der Waals surface area contributed by atoms with E-state index in [-0.39, 0.29) is 5.91 Å². The van der Waals surface area contributed by atoms with Crippen LogP contribution >= 0.6 is 12.2 Å². The van der Waals surface area contributed by atoms with Crippen molar-refractivity contribution in [1.29, 1.82) is 0 Å². The summed E-state index contributed by atoms with van der Waals surface area (Å²) in [5.74, 6) is 0.379. The Morgan fingerprint density at radius 3 is 2.45 bits per heavy atom. The summed E-state index contributed by atoms with van der Waals surface area (Å²) < 4.78 is 5.55. The van der Waals surface area contributed by atoms with Crippen LogP contribution in [0.1, 0.15) is 26.3 Å². The van der Waals surface area contributed by atoms with Crippen LogP contribution in [0.15, 0.2) is 24.3 Å². The number of nitrogens with one attached hydrogen (secondary N) is 3. The molecule has 0 fully saturated rings. The average molecular weight is 295 g/mol. The summed E-state index contributed by atoms with van der Waals surface area (Å²) in [5.41, 5.74) is 6.33. The number of carbonyl (C=O) groups excluding carboxylic acids is 1. The van der Waals surface area contributed by atoms with Crippen LogP contribution in [-0.2, 0) is 11.2 Å². The van der Waals surface area contributed by atoms with Gasteiger partial charge < -0.3 is 10.1 Å². The fourth-order valence-corrected chi connectivity index (χ4v) is 1.68. The Labute approximate surface area is 125 Å². The Bertz CT molecular complexity index is 448. The Morgan fingerprint density at radius 2 is 1.90 bits per heavy atom. The first-order valence-electron chi connectivity index (χ1n) is 6.66. The number of amides is 1. The molecule has 0 saturated carbocycles. The van der Waals surface area contributed by atoms with E-state index in [1.807, 2.05) is 31.2 Å². The summed E-state index contributed by atoms with van der Waals surface area (Å²) in [5, 5.41) is 3.24. The third-order valence-electron chi connectivity index (χ3n) is 2.65. The first-order valence-corrected chi connectivity index (χ1v) is 7.07. The summed E-state index contributed by atoms with van der Waals surface area (Å²) >= 11 is 4.94. The molecule has 1 aromatic carbocycles. The second-order valence-electron chi connectivity index (χ2n) is 4.23. The minimum atomic E-state index is -0.612. The van der Waals surface area contributed by atoms with Gasteiger partial charge >= 0.3 is 0 Å². The minimum absolute atomic E-state index is 0.287. The third-order valence-corrected chi connectivity index (χ3v) is 2.90. The Balaban J connectivity index is 2.42. The van der Waals surface area contributed by atoms with Gasteiger partial charge in [0, 0.05) is 6.54 Å². The van der Waals surface area contributed by atoms with Gasteiger partial charge in [0.15, 0.2) is 11.2 Å². The van der Waals surface area contributed by atoms with Gasteiger partial charge in [-0.05, 0) is 50.2 Å². The lowest BCUT2D eigenvalue weighted by molar-refractivity contribution is -0.127. The van der Waals surface area contributed by atoms with Crippen LogP contribution in [0.5, 0.6) is 5.75 Å². The zero-order valence-corrected chi connectivity index (χ0v) is 12.8. The number of rotatable bonds is 5. The number of ether oxygens (including phenoxy) is 1. The topological polar surface area (TPSA) is 62.4 Å². The highest BCUT2D eigenvalue weighted by atomic mass is 32.1. The Hall–Kier alpha value is -1.82. The Morgan fingerprint density at radius 1 is 1.25 bits per heavy atom. The van der Waals surface area contributed by atoms with E-state index in [4.69, 9.17) is 17.0 Å². The van der Waals surface area contributed by atoms with Gasteiger partial charge in [-0.2, -0.15) is 0 Å². The molecule has 1 unspecified atom stereocenters. The molecule has 0 aliphatic heterocycles. The maximum absolute atomic E-state index is 11.8. The van der Waals surface area contributed by atoms with Crippen LogP contribution in [-0.4, -0.2) is 23.7 Å². The molecular weight excluding hydrogens is 274 g/mol. The van der Waals surface area contributed by atoms with E-state index in [1.54, 1.807) is 6.92 Å². The van der Waals surface area contributed by atoms with E-state index < -0.39 is 6.10 Å². The summed E-state index contributed by atoms with van der Waals surface area (Å²) in [6.45, 7) is 6.38. The highest BCUT2D eigenvalue weighted by Crippen LogP contribution is 2.14. The third kappa shape index (κ3) is 5.44. The zero-order valence-electron chi connectivity index (χ0n) is 12.0. The summed E-state index contributed by atoms with van der Waals surface area (Å²) in [7, 11) is 0. The molecule has 6 heteroatoms. The molecular formula is C14H21N3O2S. The number of hydrazine groups is 1. The molecule has 0 spiro atoms. The minimum Gasteiger partial charge on any atom is -0.481 e. The Kier molecular flexibility index (Phi) is 6.79. The predicted molar refractivity (Wildman–Crippen MR) is 83.5 cm³/mol. The number of hydrogen-bond acceptors (Lipinski definition) is 3. The molecule has 20 heavy (non-hydrogen) atoms. The smallest absolute Gasteiger partial charge is 0.279 e. The van der Waals surface area contributed by atoms with E-state index in [0.717, 1.165) is 6.42 Å². The zero-order chi connectivity index (χ0) is 15.0. The molecule has 1 aromatic rings. The van der Waals surface area contributed by atoms with Crippen LogP contribution in [0.25, 0.3) is 0 Å². The SMILES string of the molecule is CCNC(=S)NNC(=O)C(C)Oc1ccc(CC)cc1. The van der Waals surface area contributed by atoms with E-state index in [1.165, 1.54) is 5.56 Å². The van der Waals surface area contributed by atoms with Crippen molar-refractivity contribution in [3.63, 3.8) is 0 Å². The number of benzene rings is 1. The fourth-order valence-electron chi connectivity index (χ4n) is 1.49. The molecule has 0 bridgehead atoms. The molecule has 110 valence electrons. The highest BCUT2D eigenvalue weighted by Gasteiger charge is 2.14. The molecule has 1 amide bonds. The van der Waals surface area contributed by atoms with Crippen molar-refractivity contribution >= 4 is 23.2 Å². The standard InChI is InChI=1S/C14H21N3O2S/c1-4-11-6-8-12(9-7-11)19-10(3)13(18)16-17-14(20)15-5-2/h6-10H,4-5H2,1-3H3,(H,16,18)(H2,15,17,20). The van der Waals surface area contributed by atoms with Gasteiger partial charge in [-0.25, -0.2) is 0 Å². The molecule has 0 saturated heterocycles. The van der Waals surface area contributed by atoms with Gasteiger partial charge in [-0.1, -0.05) is 19.1 Å². The van der Waals surface area contributed by atoms with Crippen molar-refractivity contribution < 1.29 is 9.53 Å². The summed E-state index contributed by atoms with van der Waals surface area (Å²) in [6.07, 6.45) is 0.363. The van der Waals surface area contributed by atoms with Gasteiger partial charge in [0.1, 0.15) is 5.75 Å². The van der Waals surface area contributed by atoms with Crippen LogP contribution in [0.3, 0.4) is 0 Å². The molecule has 1 rings (SSSR count). The second-order valence-corrected chi connectivity index (χ2v) is 4.64. The van der Waals surface area contributed by atoms with Crippen molar-refractivity contribution in [2.45, 2.75) is 33.3 Å². The van der Waals surface area contributed by atoms with Gasteiger partial charge in [0.05, 0.1) is 0 Å². The molecule has 0 radical (unpaired) electrons. The van der Waals surface area contributed by atoms with E-state index >= 15 is 0 Å². The normalized spacial score (nSPS) is 11.3. The number of carbonyl (C=O) groups is 1. The second kappa shape index (κ2) is 8.37. The van der Waals surface area contributed by atoms with E-state index in [2.05, 4.69) is 23.1 Å². The van der Waals surface area contributed by atoms with Gasteiger partial charge in [0.25, 0.3) is 5.91 Å². The fraction of sp³-hybridized carbons (Fsp3) is 0.429. The maximum atomic E-state index is 11.8. The molecule has 0 aliphatic rings. The molecule has 0 aliphatic carbocycles. The summed E-state index contributed by atoms with van der Waals surface area (Å²) in [4.78, 5) is 11.8. The molecule has 0 heterocycles. The lowest BCUT2D eigenvalue weighted by atomic mass is 10.2. The summed E-state index contributed by atoms with van der Waals surface area (Å²) in [6, 6.07) is 7.69. The number of thiocarbonyl (C=S) groups is 1. The van der Waals surface area contributed by atoms with Crippen molar-refractivity contribution in [3.05, 3.63) is 29.8 Å². The van der Waals surface area contributed by atoms with Crippen molar-refractivity contribution in [2.24, 2.45) is 0 Å². The van der Waals surface area contributed by atoms with Gasteiger partial charge in [-0.3, -0.25) is 15.6 Å². The van der Waals surface area contributed by atoms with Crippen molar-refractivity contribution in [1.82, 2.24) is 16.2 Å². The predicted octanol–water partition coefficient (Wildman–Crippen LogP) is 1.53. The van der Waals surface area contributed by atoms with E-state index in [0.29, 0.717) is 17.4 Å². The van der Waals surface area contributed by atoms with Crippen LogP contribution in [0.2, 0.25) is 0 Å². The average Bonchev–Trinajstić information content (AvgIpc) is 2.45. The number of hydrogen-bond donors (Lipinski definition) is 3. The van der Waals surface area contributed by atoms with Gasteiger partial charge in [-0.15, -0.1) is 0 Å². The molecule has 1 atom stereocenters. The largest absolute Gasteiger partial charge is 0.481 e. The monoisotopic (exact) mass is 295 g/mol. The molecule has 0 aromatic heterocycles. The van der Waals surface area contributed by atoms with E-state index in [9.17, 15) is 4.79 Å². The van der Waals surface area contributed by atoms with Crippen LogP contribution < -0.4 is 20.9 Å². The lowest BCUT2D eigenvalue weighted by Gasteiger charge is -2.16. The first kappa shape index (κ1) is 16.2. The highest BCUT2D eigenvalue weighted by molar-refractivity contribution is 7.80. The van der Waals surface area contributed by atoms with Crippen LogP contribution in [0.4, 0.5) is 0 Å². The first-order chi connectivity index (χ1) is 9.56. The van der Waals surface area contributed by atoms with Crippen molar-refractivity contribution in [3.8, 4) is 5.75 Å². The lowest BCUT2D eigenvalue weighted by Crippen LogP contribution is -2.50. The van der Waals surface area contributed by atoms with Crippen LogP contribution in [0, 0.1) is 0 Å². The molecule has 5 nitrogen and oxygen atoms in total. The quantitative estimate of drug-likeness (QED) is 0.568.